The third-order valence-corrected chi connectivity index (χ3v) is 5.48. The van der Waals surface area contributed by atoms with Gasteiger partial charge >= 0.3 is 0 Å². The summed E-state index contributed by atoms with van der Waals surface area (Å²) in [4.78, 5) is 16.8. The molecule has 1 N–H and O–H groups in total. The smallest absolute Gasteiger partial charge is 0.277 e. The molecule has 1 unspecified atom stereocenters. The second-order valence-corrected chi connectivity index (χ2v) is 8.31. The molecule has 2 heterocycles. The number of hydrogen-bond donors (Lipinski definition) is 1. The fourth-order valence-electron chi connectivity index (χ4n) is 3.96. The Bertz CT molecular complexity index is 1130. The third kappa shape index (κ3) is 5.05. The van der Waals surface area contributed by atoms with Crippen LogP contribution in [0.5, 0.6) is 5.75 Å². The fraction of sp³-hybridized carbons (Fsp3) is 0.435. The van der Waals surface area contributed by atoms with Crippen LogP contribution in [0.15, 0.2) is 47.3 Å². The SMILES string of the molecule is CC(C)Oc1ccc(F)cc1N1CCN(CC(O)Cn2nnc3ccccc3c2=O)CC1. The number of ether oxygens (including phenoxy) is 1. The molecular weight excluding hydrogens is 413 g/mol. The molecule has 1 fully saturated rings. The highest BCUT2D eigenvalue weighted by molar-refractivity contribution is 5.76. The first-order valence-corrected chi connectivity index (χ1v) is 10.8. The minimum atomic E-state index is -0.760. The van der Waals surface area contributed by atoms with Gasteiger partial charge in [0.25, 0.3) is 5.56 Å². The lowest BCUT2D eigenvalue weighted by atomic mass is 10.2. The molecule has 0 spiro atoms. The lowest BCUT2D eigenvalue weighted by molar-refractivity contribution is 0.0900. The van der Waals surface area contributed by atoms with Crippen molar-refractivity contribution in [2.45, 2.75) is 32.6 Å². The van der Waals surface area contributed by atoms with Crippen LogP contribution in [0.1, 0.15) is 13.8 Å². The first-order valence-electron chi connectivity index (χ1n) is 10.8. The summed E-state index contributed by atoms with van der Waals surface area (Å²) in [5.74, 6) is 0.375. The van der Waals surface area contributed by atoms with Crippen LogP contribution in [-0.2, 0) is 6.54 Å². The minimum Gasteiger partial charge on any atom is -0.489 e. The van der Waals surface area contributed by atoms with Gasteiger partial charge in [0.2, 0.25) is 0 Å². The first-order chi connectivity index (χ1) is 15.4. The molecule has 8 nitrogen and oxygen atoms in total. The molecular formula is C23H28FN5O3. The number of aliphatic hydroxyl groups excluding tert-OH is 1. The molecule has 1 aliphatic rings. The van der Waals surface area contributed by atoms with Gasteiger partial charge in [-0.1, -0.05) is 17.3 Å². The van der Waals surface area contributed by atoms with E-state index in [4.69, 9.17) is 4.74 Å². The Labute approximate surface area is 185 Å². The summed E-state index contributed by atoms with van der Waals surface area (Å²) in [6.45, 7) is 7.14. The van der Waals surface area contributed by atoms with Gasteiger partial charge in [0.15, 0.2) is 0 Å². The number of hydrogen-bond acceptors (Lipinski definition) is 7. The molecule has 1 aromatic heterocycles. The van der Waals surface area contributed by atoms with E-state index in [9.17, 15) is 14.3 Å². The molecule has 2 aromatic carbocycles. The third-order valence-electron chi connectivity index (χ3n) is 5.48. The summed E-state index contributed by atoms with van der Waals surface area (Å²) in [5, 5.41) is 19.1. The number of aromatic nitrogens is 3. The first kappa shape index (κ1) is 22.2. The minimum absolute atomic E-state index is 0.00254. The van der Waals surface area contributed by atoms with Crippen molar-refractivity contribution < 1.29 is 14.2 Å². The van der Waals surface area contributed by atoms with Crippen molar-refractivity contribution >= 4 is 16.6 Å². The van der Waals surface area contributed by atoms with E-state index < -0.39 is 6.10 Å². The van der Waals surface area contributed by atoms with Crippen LogP contribution in [0.25, 0.3) is 10.9 Å². The maximum Gasteiger partial charge on any atom is 0.277 e. The van der Waals surface area contributed by atoms with E-state index in [-0.39, 0.29) is 24.0 Å². The lowest BCUT2D eigenvalue weighted by Gasteiger charge is -2.37. The van der Waals surface area contributed by atoms with E-state index in [0.29, 0.717) is 49.4 Å². The van der Waals surface area contributed by atoms with Gasteiger partial charge in [-0.15, -0.1) is 5.10 Å². The largest absolute Gasteiger partial charge is 0.489 e. The van der Waals surface area contributed by atoms with Gasteiger partial charge in [0.05, 0.1) is 29.8 Å². The average molecular weight is 442 g/mol. The van der Waals surface area contributed by atoms with Crippen LogP contribution in [0, 0.1) is 5.82 Å². The quantitative estimate of drug-likeness (QED) is 0.600. The Kier molecular flexibility index (Phi) is 6.66. The van der Waals surface area contributed by atoms with Crippen LogP contribution in [0.4, 0.5) is 10.1 Å². The Balaban J connectivity index is 1.36. The Morgan fingerprint density at radius 1 is 1.09 bits per heavy atom. The number of halogens is 1. The molecule has 9 heteroatoms. The van der Waals surface area contributed by atoms with Crippen LogP contribution in [0.3, 0.4) is 0 Å². The van der Waals surface area contributed by atoms with Gasteiger partial charge in [-0.3, -0.25) is 9.69 Å². The zero-order chi connectivity index (χ0) is 22.7. The molecule has 0 bridgehead atoms. The number of aliphatic hydroxyl groups is 1. The molecule has 1 aliphatic heterocycles. The van der Waals surface area contributed by atoms with Crippen LogP contribution in [0.2, 0.25) is 0 Å². The fourth-order valence-corrected chi connectivity index (χ4v) is 3.96. The zero-order valence-corrected chi connectivity index (χ0v) is 18.3. The highest BCUT2D eigenvalue weighted by Crippen LogP contribution is 2.31. The van der Waals surface area contributed by atoms with Crippen LogP contribution < -0.4 is 15.2 Å². The normalized spacial score (nSPS) is 16.0. The standard InChI is InChI=1S/C23H28FN5O3/c1-16(2)32-22-8-7-17(24)13-21(22)28-11-9-27(10-12-28)14-18(30)15-29-23(31)19-5-3-4-6-20(19)25-26-29/h3-8,13,16,18,30H,9-12,14-15H2,1-2H3. The monoisotopic (exact) mass is 441 g/mol. The zero-order valence-electron chi connectivity index (χ0n) is 18.3. The highest BCUT2D eigenvalue weighted by Gasteiger charge is 2.23. The summed E-state index contributed by atoms with van der Waals surface area (Å²) in [6, 6.07) is 11.6. The highest BCUT2D eigenvalue weighted by atomic mass is 19.1. The van der Waals surface area contributed by atoms with E-state index in [1.807, 2.05) is 13.8 Å². The molecule has 32 heavy (non-hydrogen) atoms. The van der Waals surface area contributed by atoms with Gasteiger partial charge in [0.1, 0.15) is 17.1 Å². The van der Waals surface area contributed by atoms with Gasteiger partial charge in [0, 0.05) is 38.8 Å². The van der Waals surface area contributed by atoms with Gasteiger partial charge in [-0.25, -0.2) is 9.07 Å². The van der Waals surface area contributed by atoms with E-state index in [1.54, 1.807) is 30.3 Å². The summed E-state index contributed by atoms with van der Waals surface area (Å²) < 4.78 is 20.9. The number of rotatable bonds is 7. The maximum atomic E-state index is 13.9. The predicted molar refractivity (Wildman–Crippen MR) is 121 cm³/mol. The number of fused-ring (bicyclic) bond motifs is 1. The Morgan fingerprint density at radius 2 is 1.84 bits per heavy atom. The maximum absolute atomic E-state index is 13.9. The number of piperazine rings is 1. The van der Waals surface area contributed by atoms with Crippen molar-refractivity contribution in [3.8, 4) is 5.75 Å². The summed E-state index contributed by atoms with van der Waals surface area (Å²) in [6.07, 6.45) is -0.763. The number of anilines is 1. The molecule has 0 saturated carbocycles. The van der Waals surface area contributed by atoms with Crippen molar-refractivity contribution in [2.24, 2.45) is 0 Å². The molecule has 4 rings (SSSR count). The van der Waals surface area contributed by atoms with Crippen LogP contribution >= 0.6 is 0 Å². The van der Waals surface area contributed by atoms with Gasteiger partial charge in [-0.05, 0) is 38.1 Å². The number of benzene rings is 2. The Hall–Kier alpha value is -3.04. The van der Waals surface area contributed by atoms with Gasteiger partial charge < -0.3 is 14.7 Å². The molecule has 0 amide bonds. The number of nitrogens with zero attached hydrogens (tertiary/aromatic N) is 5. The number of β-amino-alcohol motifs (C(OH)–C–C–N with tert-alkyl or cyclic N) is 1. The van der Waals surface area contributed by atoms with Crippen molar-refractivity contribution in [1.82, 2.24) is 19.9 Å². The van der Waals surface area contributed by atoms with E-state index in [1.165, 1.54) is 16.8 Å². The molecule has 3 aromatic rings. The van der Waals surface area contributed by atoms with Crippen molar-refractivity contribution in [2.75, 3.05) is 37.6 Å². The van der Waals surface area contributed by atoms with Crippen molar-refractivity contribution in [3.05, 3.63) is 58.6 Å². The summed E-state index contributed by atoms with van der Waals surface area (Å²) in [5.41, 5.74) is 1.03. The van der Waals surface area contributed by atoms with E-state index in [2.05, 4.69) is 20.1 Å². The summed E-state index contributed by atoms with van der Waals surface area (Å²) >= 11 is 0. The second-order valence-electron chi connectivity index (χ2n) is 8.31. The van der Waals surface area contributed by atoms with Crippen molar-refractivity contribution in [3.63, 3.8) is 0 Å². The topological polar surface area (TPSA) is 83.7 Å². The van der Waals surface area contributed by atoms with E-state index in [0.717, 1.165) is 5.69 Å². The lowest BCUT2D eigenvalue weighted by Crippen LogP contribution is -2.49. The summed E-state index contributed by atoms with van der Waals surface area (Å²) in [7, 11) is 0. The molecule has 170 valence electrons. The Morgan fingerprint density at radius 3 is 2.59 bits per heavy atom. The molecule has 1 atom stereocenters. The predicted octanol–water partition coefficient (Wildman–Crippen LogP) is 1.90. The van der Waals surface area contributed by atoms with E-state index >= 15 is 0 Å². The van der Waals surface area contributed by atoms with Crippen molar-refractivity contribution in [1.29, 1.82) is 0 Å². The second kappa shape index (κ2) is 9.62. The molecule has 0 radical (unpaired) electrons. The molecule has 1 saturated heterocycles. The van der Waals surface area contributed by atoms with Crippen LogP contribution in [-0.4, -0.2) is 69.9 Å². The van der Waals surface area contributed by atoms with Gasteiger partial charge in [-0.2, -0.15) is 0 Å². The molecule has 0 aliphatic carbocycles. The average Bonchev–Trinajstić information content (AvgIpc) is 2.77.